The number of nitrogens with zero attached hydrogens (tertiary/aromatic N) is 1. The van der Waals surface area contributed by atoms with E-state index in [1.54, 1.807) is 32.2 Å². The highest BCUT2D eigenvalue weighted by Gasteiger charge is 2.32. The van der Waals surface area contributed by atoms with Crippen LogP contribution in [0.25, 0.3) is 10.9 Å². The normalized spacial score (nSPS) is 13.8. The van der Waals surface area contributed by atoms with E-state index in [4.69, 9.17) is 17.2 Å². The fourth-order valence-electron chi connectivity index (χ4n) is 4.80. The number of fused-ring (bicyclic) bond motifs is 1. The summed E-state index contributed by atoms with van der Waals surface area (Å²) in [5, 5.41) is 28.0. The number of aromatic nitrogens is 1. The number of aromatic hydroxyl groups is 1. The predicted molar refractivity (Wildman–Crippen MR) is 170 cm³/mol. The highest BCUT2D eigenvalue weighted by molar-refractivity contribution is 5.95. The molecule has 4 atom stereocenters. The number of carboxylic acids is 1. The average Bonchev–Trinajstić information content (AvgIpc) is 3.40. The second kappa shape index (κ2) is 16.1. The van der Waals surface area contributed by atoms with Gasteiger partial charge in [-0.2, -0.15) is 0 Å². The topological polar surface area (TPSA) is 251 Å². The average molecular weight is 623 g/mol. The van der Waals surface area contributed by atoms with Gasteiger partial charge in [0.1, 0.15) is 23.9 Å². The number of carbonyl (C=O) groups excluding carboxylic acids is 3. The third kappa shape index (κ3) is 10.2. The molecule has 3 amide bonds. The maximum Gasteiger partial charge on any atom is 0.326 e. The van der Waals surface area contributed by atoms with Crippen LogP contribution in [-0.4, -0.2) is 75.6 Å². The molecule has 3 aromatic rings. The van der Waals surface area contributed by atoms with E-state index in [1.807, 2.05) is 24.3 Å². The van der Waals surface area contributed by atoms with Crippen molar-refractivity contribution in [2.45, 2.75) is 63.7 Å². The van der Waals surface area contributed by atoms with Gasteiger partial charge >= 0.3 is 5.97 Å². The highest BCUT2D eigenvalue weighted by Crippen LogP contribution is 2.20. The molecule has 0 aliphatic rings. The molecule has 0 aliphatic carbocycles. The first kappa shape index (κ1) is 34.4. The Morgan fingerprint density at radius 1 is 0.889 bits per heavy atom. The summed E-state index contributed by atoms with van der Waals surface area (Å²) < 4.78 is 0. The number of amides is 3. The third-order valence-electron chi connectivity index (χ3n) is 7.27. The molecule has 0 aliphatic heterocycles. The zero-order valence-electron chi connectivity index (χ0n) is 25.3. The molecule has 0 fully saturated rings. The number of carboxylic acid groups (broad SMARTS) is 1. The van der Waals surface area contributed by atoms with Gasteiger partial charge in [-0.15, -0.1) is 0 Å². The van der Waals surface area contributed by atoms with Crippen molar-refractivity contribution in [3.63, 3.8) is 0 Å². The quantitative estimate of drug-likeness (QED) is 0.0601. The molecule has 45 heavy (non-hydrogen) atoms. The molecule has 12 N–H and O–H groups in total. The highest BCUT2D eigenvalue weighted by atomic mass is 16.4. The summed E-state index contributed by atoms with van der Waals surface area (Å²) in [5.41, 5.74) is 19.2. The molecule has 3 rings (SSSR count). The molecule has 14 nitrogen and oxygen atoms in total. The maximum atomic E-state index is 13.7. The van der Waals surface area contributed by atoms with Crippen LogP contribution in [0.2, 0.25) is 0 Å². The van der Waals surface area contributed by atoms with E-state index in [9.17, 15) is 29.4 Å². The first-order valence-electron chi connectivity index (χ1n) is 14.6. The van der Waals surface area contributed by atoms with E-state index >= 15 is 0 Å². The molecule has 0 bridgehead atoms. The van der Waals surface area contributed by atoms with Gasteiger partial charge in [0.05, 0.1) is 6.04 Å². The van der Waals surface area contributed by atoms with Gasteiger partial charge in [-0.1, -0.05) is 44.2 Å². The summed E-state index contributed by atoms with van der Waals surface area (Å²) in [5.74, 6) is -3.64. The standard InChI is InChI=1S/C31H42N8O6/c1-17(2)26(30(44)45)39-29(43)25(15-19-16-36-23-7-4-3-6-21(19)23)38-28(42)24(8-5-13-35-31(33)34)37-27(41)22(32)14-18-9-11-20(40)12-10-18/h3-4,6-7,9-12,16-17,22,24-26,36,40H,5,8,13-15,32H2,1-2H3,(H,37,41)(H,38,42)(H,39,43)(H,44,45)(H4,33,34,35). The zero-order valence-corrected chi connectivity index (χ0v) is 25.3. The number of hydrogen-bond acceptors (Lipinski definition) is 7. The van der Waals surface area contributed by atoms with Crippen molar-refractivity contribution in [2.24, 2.45) is 28.1 Å². The van der Waals surface area contributed by atoms with Gasteiger partial charge in [0.15, 0.2) is 5.96 Å². The molecular weight excluding hydrogens is 580 g/mol. The van der Waals surface area contributed by atoms with Crippen LogP contribution in [-0.2, 0) is 32.0 Å². The number of nitrogens with two attached hydrogens (primary N) is 3. The minimum Gasteiger partial charge on any atom is -0.508 e. The Kier molecular flexibility index (Phi) is 12.3. The molecule has 0 spiro atoms. The van der Waals surface area contributed by atoms with E-state index in [1.165, 1.54) is 12.1 Å². The van der Waals surface area contributed by atoms with E-state index in [2.05, 4.69) is 25.9 Å². The molecule has 0 saturated carbocycles. The van der Waals surface area contributed by atoms with Gasteiger partial charge < -0.3 is 48.3 Å². The van der Waals surface area contributed by atoms with Crippen LogP contribution < -0.4 is 33.2 Å². The molecule has 0 saturated heterocycles. The van der Waals surface area contributed by atoms with Crippen molar-refractivity contribution in [3.8, 4) is 5.75 Å². The van der Waals surface area contributed by atoms with Crippen LogP contribution >= 0.6 is 0 Å². The lowest BCUT2D eigenvalue weighted by Crippen LogP contribution is -2.58. The smallest absolute Gasteiger partial charge is 0.326 e. The number of aliphatic imine (C=N–C) groups is 1. The van der Waals surface area contributed by atoms with Crippen molar-refractivity contribution in [1.82, 2.24) is 20.9 Å². The number of carbonyl (C=O) groups is 4. The molecule has 0 radical (unpaired) electrons. The Balaban J connectivity index is 1.84. The molecular formula is C31H42N8O6. The Hall–Kier alpha value is -5.11. The molecule has 4 unspecified atom stereocenters. The number of phenolic OH excluding ortho intramolecular Hbond substituents is 1. The van der Waals surface area contributed by atoms with Crippen molar-refractivity contribution in [2.75, 3.05) is 6.54 Å². The number of phenols is 1. The second-order valence-electron chi connectivity index (χ2n) is 11.2. The Morgan fingerprint density at radius 2 is 1.53 bits per heavy atom. The molecule has 1 heterocycles. The first-order valence-corrected chi connectivity index (χ1v) is 14.6. The van der Waals surface area contributed by atoms with Crippen molar-refractivity contribution in [1.29, 1.82) is 0 Å². The second-order valence-corrected chi connectivity index (χ2v) is 11.2. The van der Waals surface area contributed by atoms with E-state index in [0.717, 1.165) is 16.5 Å². The SMILES string of the molecule is CC(C)C(NC(=O)C(Cc1c[nH]c2ccccc12)NC(=O)C(CCCN=C(N)N)NC(=O)C(N)Cc1ccc(O)cc1)C(=O)O. The van der Waals surface area contributed by atoms with Gasteiger partial charge in [0.25, 0.3) is 0 Å². The number of hydrogen-bond donors (Lipinski definition) is 9. The van der Waals surface area contributed by atoms with Gasteiger partial charge in [0.2, 0.25) is 17.7 Å². The minimum absolute atomic E-state index is 0.0427. The molecule has 1 aromatic heterocycles. The van der Waals surface area contributed by atoms with Gasteiger partial charge in [-0.3, -0.25) is 19.4 Å². The number of aromatic amines is 1. The molecule has 14 heteroatoms. The zero-order chi connectivity index (χ0) is 33.1. The van der Waals surface area contributed by atoms with Crippen molar-refractivity contribution < 1.29 is 29.4 Å². The van der Waals surface area contributed by atoms with Gasteiger partial charge in [-0.05, 0) is 54.5 Å². The van der Waals surface area contributed by atoms with Crippen LogP contribution in [0, 0.1) is 5.92 Å². The summed E-state index contributed by atoms with van der Waals surface area (Å²) in [6.07, 6.45) is 2.35. The number of benzene rings is 2. The van der Waals surface area contributed by atoms with Crippen LogP contribution in [0.15, 0.2) is 59.7 Å². The number of H-pyrrole nitrogens is 1. The number of para-hydroxylation sites is 1. The summed E-state index contributed by atoms with van der Waals surface area (Å²) in [6, 6.07) is 9.17. The van der Waals surface area contributed by atoms with Gasteiger partial charge in [-0.25, -0.2) is 4.79 Å². The van der Waals surface area contributed by atoms with Crippen molar-refractivity contribution in [3.05, 3.63) is 65.9 Å². The lowest BCUT2D eigenvalue weighted by Gasteiger charge is -2.26. The fraction of sp³-hybridized carbons (Fsp3) is 0.387. The number of guanidine groups is 1. The van der Waals surface area contributed by atoms with Crippen LogP contribution in [0.5, 0.6) is 5.75 Å². The van der Waals surface area contributed by atoms with Crippen LogP contribution in [0.3, 0.4) is 0 Å². The number of aliphatic carboxylic acids is 1. The Bertz CT molecular complexity index is 1500. The monoisotopic (exact) mass is 622 g/mol. The predicted octanol–water partition coefficient (Wildman–Crippen LogP) is 0.235. The lowest BCUT2D eigenvalue weighted by atomic mass is 10.0. The Labute approximate surface area is 260 Å². The first-order chi connectivity index (χ1) is 21.3. The summed E-state index contributed by atoms with van der Waals surface area (Å²) in [7, 11) is 0. The molecule has 2 aromatic carbocycles. The summed E-state index contributed by atoms with van der Waals surface area (Å²) in [6.45, 7) is 3.52. The van der Waals surface area contributed by atoms with Crippen LogP contribution in [0.1, 0.15) is 37.8 Å². The van der Waals surface area contributed by atoms with Gasteiger partial charge in [0, 0.05) is 30.1 Å². The lowest BCUT2D eigenvalue weighted by molar-refractivity contribution is -0.143. The number of rotatable bonds is 16. The number of nitrogens with one attached hydrogen (secondary N) is 4. The Morgan fingerprint density at radius 3 is 2.18 bits per heavy atom. The van der Waals surface area contributed by atoms with E-state index in [-0.39, 0.29) is 37.5 Å². The van der Waals surface area contributed by atoms with Crippen LogP contribution in [0.4, 0.5) is 0 Å². The largest absolute Gasteiger partial charge is 0.508 e. The van der Waals surface area contributed by atoms with E-state index < -0.39 is 53.8 Å². The van der Waals surface area contributed by atoms with E-state index in [0.29, 0.717) is 12.0 Å². The maximum absolute atomic E-state index is 13.7. The fourth-order valence-corrected chi connectivity index (χ4v) is 4.80. The summed E-state index contributed by atoms with van der Waals surface area (Å²) >= 11 is 0. The van der Waals surface area contributed by atoms with Crippen molar-refractivity contribution >= 4 is 40.6 Å². The minimum atomic E-state index is -1.21. The molecule has 242 valence electrons. The summed E-state index contributed by atoms with van der Waals surface area (Å²) in [4.78, 5) is 59.2. The third-order valence-corrected chi connectivity index (χ3v) is 7.27.